The number of furan rings is 1. The molecule has 0 bridgehead atoms. The molecule has 0 aliphatic rings. The number of carbonyl (C=O) groups excluding carboxylic acids is 1. The zero-order valence-electron chi connectivity index (χ0n) is 12.5. The van der Waals surface area contributed by atoms with E-state index in [9.17, 15) is 4.79 Å². The molecule has 5 nitrogen and oxygen atoms in total. The van der Waals surface area contributed by atoms with E-state index < -0.39 is 5.91 Å². The van der Waals surface area contributed by atoms with Crippen LogP contribution in [0.15, 0.2) is 34.7 Å². The molecule has 5 heteroatoms. The topological polar surface area (TPSA) is 77.5 Å². The molecule has 1 aromatic heterocycles. The second-order valence-corrected chi connectivity index (χ2v) is 5.20. The van der Waals surface area contributed by atoms with Gasteiger partial charge in [0.2, 0.25) is 0 Å². The monoisotopic (exact) mass is 288 g/mol. The van der Waals surface area contributed by atoms with Crippen LogP contribution < -0.4 is 16.0 Å². The Morgan fingerprint density at radius 1 is 1.33 bits per heavy atom. The average molecular weight is 288 g/mol. The maximum absolute atomic E-state index is 11.3. The zero-order valence-corrected chi connectivity index (χ0v) is 12.5. The van der Waals surface area contributed by atoms with Gasteiger partial charge >= 0.3 is 5.91 Å². The van der Waals surface area contributed by atoms with Crippen LogP contribution in [-0.2, 0) is 6.61 Å². The number of aryl methyl sites for hydroxylation is 1. The third kappa shape index (κ3) is 3.64. The van der Waals surface area contributed by atoms with Crippen LogP contribution in [0.25, 0.3) is 0 Å². The molecule has 21 heavy (non-hydrogen) atoms. The van der Waals surface area contributed by atoms with Crippen molar-refractivity contribution in [2.75, 3.05) is 0 Å². The molecule has 0 saturated carbocycles. The van der Waals surface area contributed by atoms with E-state index in [1.54, 1.807) is 12.1 Å². The van der Waals surface area contributed by atoms with Crippen molar-refractivity contribution in [1.29, 1.82) is 0 Å². The van der Waals surface area contributed by atoms with Gasteiger partial charge in [0.1, 0.15) is 18.1 Å². The Kier molecular flexibility index (Phi) is 4.65. The van der Waals surface area contributed by atoms with Crippen molar-refractivity contribution in [2.45, 2.75) is 33.3 Å². The number of hydrogen-bond donors (Lipinski definition) is 2. The molecule has 0 aliphatic carbocycles. The second-order valence-electron chi connectivity index (χ2n) is 5.20. The Bertz CT molecular complexity index is 632. The fraction of sp³-hybridized carbons (Fsp3) is 0.312. The van der Waals surface area contributed by atoms with E-state index in [1.165, 1.54) is 11.1 Å². The number of rotatable bonds is 5. The maximum Gasteiger partial charge on any atom is 0.300 e. The van der Waals surface area contributed by atoms with Crippen LogP contribution >= 0.6 is 0 Å². The summed E-state index contributed by atoms with van der Waals surface area (Å²) in [6.45, 7) is 6.66. The first-order chi connectivity index (χ1) is 10.0. The molecule has 3 N–H and O–H groups in total. The Labute approximate surface area is 124 Å². The molecule has 112 valence electrons. The van der Waals surface area contributed by atoms with Gasteiger partial charge in [0.05, 0.1) is 0 Å². The van der Waals surface area contributed by atoms with E-state index in [-0.39, 0.29) is 12.4 Å². The van der Waals surface area contributed by atoms with Crippen molar-refractivity contribution in [3.63, 3.8) is 0 Å². The number of ether oxygens (including phenoxy) is 1. The lowest BCUT2D eigenvalue weighted by molar-refractivity contribution is 0.0922. The molecule has 0 atom stereocenters. The van der Waals surface area contributed by atoms with Gasteiger partial charge in [-0.3, -0.25) is 10.2 Å². The van der Waals surface area contributed by atoms with Gasteiger partial charge in [-0.05, 0) is 48.2 Å². The van der Waals surface area contributed by atoms with Gasteiger partial charge < -0.3 is 9.15 Å². The lowest BCUT2D eigenvalue weighted by atomic mass is 9.98. The summed E-state index contributed by atoms with van der Waals surface area (Å²) in [7, 11) is 0. The quantitative estimate of drug-likeness (QED) is 0.504. The summed E-state index contributed by atoms with van der Waals surface area (Å²) in [5, 5.41) is 0. The molecule has 0 saturated heterocycles. The number of nitrogens with one attached hydrogen (secondary N) is 1. The first-order valence-electron chi connectivity index (χ1n) is 6.84. The highest BCUT2D eigenvalue weighted by Crippen LogP contribution is 2.24. The Morgan fingerprint density at radius 2 is 2.10 bits per heavy atom. The molecule has 1 amide bonds. The lowest BCUT2D eigenvalue weighted by Crippen LogP contribution is -2.29. The highest BCUT2D eigenvalue weighted by atomic mass is 16.5. The number of benzene rings is 1. The standard InChI is InChI=1S/C16H20N2O3/c1-10(2)14-6-4-12(8-11(14)3)20-9-13-5-7-15(21-13)16(19)18-17/h4-8,10H,9,17H2,1-3H3,(H,18,19). The third-order valence-electron chi connectivity index (χ3n) is 3.26. The number of hydrazine groups is 1. The smallest absolute Gasteiger partial charge is 0.300 e. The minimum absolute atomic E-state index is 0.169. The predicted molar refractivity (Wildman–Crippen MR) is 80.0 cm³/mol. The zero-order chi connectivity index (χ0) is 15.4. The first kappa shape index (κ1) is 15.1. The van der Waals surface area contributed by atoms with E-state index in [0.29, 0.717) is 11.7 Å². The molecule has 0 unspecified atom stereocenters. The lowest BCUT2D eigenvalue weighted by Gasteiger charge is -2.11. The Balaban J connectivity index is 2.01. The van der Waals surface area contributed by atoms with Crippen molar-refractivity contribution < 1.29 is 13.9 Å². The second kappa shape index (κ2) is 6.45. The molecular weight excluding hydrogens is 268 g/mol. The van der Waals surface area contributed by atoms with Gasteiger partial charge in [-0.15, -0.1) is 0 Å². The van der Waals surface area contributed by atoms with Crippen LogP contribution in [0.2, 0.25) is 0 Å². The van der Waals surface area contributed by atoms with E-state index in [2.05, 4.69) is 26.8 Å². The van der Waals surface area contributed by atoms with Crippen molar-refractivity contribution in [2.24, 2.45) is 5.84 Å². The largest absolute Gasteiger partial charge is 0.486 e. The number of carbonyl (C=O) groups is 1. The van der Waals surface area contributed by atoms with Gasteiger partial charge in [0.25, 0.3) is 0 Å². The fourth-order valence-corrected chi connectivity index (χ4v) is 2.19. The molecule has 1 heterocycles. The van der Waals surface area contributed by atoms with E-state index in [0.717, 1.165) is 5.75 Å². The van der Waals surface area contributed by atoms with Gasteiger partial charge in [0, 0.05) is 0 Å². The summed E-state index contributed by atoms with van der Waals surface area (Å²) in [6.07, 6.45) is 0. The van der Waals surface area contributed by atoms with Crippen LogP contribution in [0, 0.1) is 6.92 Å². The van der Waals surface area contributed by atoms with Crippen LogP contribution in [0.3, 0.4) is 0 Å². The predicted octanol–water partition coefficient (Wildman–Crippen LogP) is 2.89. The number of hydrogen-bond acceptors (Lipinski definition) is 4. The van der Waals surface area contributed by atoms with Crippen molar-refractivity contribution in [3.05, 3.63) is 53.0 Å². The summed E-state index contributed by atoms with van der Waals surface area (Å²) in [5.41, 5.74) is 4.53. The summed E-state index contributed by atoms with van der Waals surface area (Å²) in [6, 6.07) is 9.28. The minimum atomic E-state index is -0.460. The fourth-order valence-electron chi connectivity index (χ4n) is 2.19. The van der Waals surface area contributed by atoms with Gasteiger partial charge in [-0.2, -0.15) is 0 Å². The highest BCUT2D eigenvalue weighted by Gasteiger charge is 2.10. The van der Waals surface area contributed by atoms with Crippen LogP contribution in [-0.4, -0.2) is 5.91 Å². The molecule has 1 aromatic carbocycles. The maximum atomic E-state index is 11.3. The molecule has 0 fully saturated rings. The minimum Gasteiger partial charge on any atom is -0.486 e. The van der Waals surface area contributed by atoms with E-state index >= 15 is 0 Å². The third-order valence-corrected chi connectivity index (χ3v) is 3.26. The van der Waals surface area contributed by atoms with Crippen LogP contribution in [0.5, 0.6) is 5.75 Å². The summed E-state index contributed by atoms with van der Waals surface area (Å²) >= 11 is 0. The summed E-state index contributed by atoms with van der Waals surface area (Å²) in [5.74, 6) is 6.58. The number of nitrogens with two attached hydrogens (primary N) is 1. The normalized spacial score (nSPS) is 10.7. The Morgan fingerprint density at radius 3 is 2.71 bits per heavy atom. The SMILES string of the molecule is Cc1cc(OCc2ccc(C(=O)NN)o2)ccc1C(C)C. The van der Waals surface area contributed by atoms with E-state index in [4.69, 9.17) is 15.0 Å². The van der Waals surface area contributed by atoms with Crippen molar-refractivity contribution in [3.8, 4) is 5.75 Å². The molecule has 2 rings (SSSR count). The highest BCUT2D eigenvalue weighted by molar-refractivity contribution is 5.90. The van der Waals surface area contributed by atoms with Crippen LogP contribution in [0.1, 0.15) is 47.2 Å². The number of amides is 1. The molecule has 0 aliphatic heterocycles. The van der Waals surface area contributed by atoms with Gasteiger partial charge in [0.15, 0.2) is 5.76 Å². The summed E-state index contributed by atoms with van der Waals surface area (Å²) < 4.78 is 11.0. The van der Waals surface area contributed by atoms with Gasteiger partial charge in [-0.25, -0.2) is 5.84 Å². The molecular formula is C16H20N2O3. The van der Waals surface area contributed by atoms with Gasteiger partial charge in [-0.1, -0.05) is 19.9 Å². The summed E-state index contributed by atoms with van der Waals surface area (Å²) in [4.78, 5) is 11.3. The van der Waals surface area contributed by atoms with Crippen LogP contribution in [0.4, 0.5) is 0 Å². The average Bonchev–Trinajstić information content (AvgIpc) is 2.92. The number of nitrogen functional groups attached to an aromatic ring is 1. The first-order valence-corrected chi connectivity index (χ1v) is 6.84. The Hall–Kier alpha value is -2.27. The molecule has 2 aromatic rings. The molecule has 0 spiro atoms. The van der Waals surface area contributed by atoms with Crippen molar-refractivity contribution in [1.82, 2.24) is 5.43 Å². The van der Waals surface area contributed by atoms with Crippen molar-refractivity contribution >= 4 is 5.91 Å². The van der Waals surface area contributed by atoms with E-state index in [1.807, 2.05) is 17.6 Å². The molecule has 0 radical (unpaired) electrons.